The molecular formula is C22H28F2N4O2. The molecule has 4 rings (SSSR count). The van der Waals surface area contributed by atoms with E-state index in [2.05, 4.69) is 10.6 Å². The summed E-state index contributed by atoms with van der Waals surface area (Å²) in [5, 5.41) is 6.80. The molecule has 2 fully saturated rings. The zero-order valence-electron chi connectivity index (χ0n) is 16.9. The monoisotopic (exact) mass is 418 g/mol. The van der Waals surface area contributed by atoms with Crippen LogP contribution in [0.4, 0.5) is 14.5 Å². The summed E-state index contributed by atoms with van der Waals surface area (Å²) >= 11 is 0. The second-order valence-corrected chi connectivity index (χ2v) is 7.82. The number of anilines is 1. The topological polar surface area (TPSA) is 62.0 Å². The molecule has 30 heavy (non-hydrogen) atoms. The van der Waals surface area contributed by atoms with Crippen molar-refractivity contribution in [2.45, 2.75) is 25.3 Å². The summed E-state index contributed by atoms with van der Waals surface area (Å²) in [6, 6.07) is 7.86. The van der Waals surface area contributed by atoms with E-state index in [4.69, 9.17) is 14.1 Å². The Labute approximate surface area is 175 Å². The minimum atomic E-state index is -0.526. The molecule has 2 N–H and O–H groups in total. The molecule has 0 bridgehead atoms. The Balaban J connectivity index is 1.36. The van der Waals surface area contributed by atoms with Gasteiger partial charge in [-0.1, -0.05) is 6.07 Å². The van der Waals surface area contributed by atoms with Crippen LogP contribution in [0.5, 0.6) is 0 Å². The molecule has 8 heteroatoms. The number of furan rings is 1. The number of hydrogen-bond donors (Lipinski definition) is 2. The van der Waals surface area contributed by atoms with Gasteiger partial charge in [-0.05, 0) is 37.1 Å². The summed E-state index contributed by atoms with van der Waals surface area (Å²) in [4.78, 5) is 6.50. The van der Waals surface area contributed by atoms with Crippen molar-refractivity contribution in [3.63, 3.8) is 0 Å². The molecule has 0 aliphatic carbocycles. The largest absolute Gasteiger partial charge is 0.469 e. The van der Waals surface area contributed by atoms with E-state index in [1.54, 1.807) is 11.2 Å². The second-order valence-electron chi connectivity index (χ2n) is 7.82. The number of rotatable bonds is 7. The van der Waals surface area contributed by atoms with Crippen LogP contribution >= 0.6 is 0 Å². The summed E-state index contributed by atoms with van der Waals surface area (Å²) in [5.41, 5.74) is 0.0502. The zero-order valence-corrected chi connectivity index (χ0v) is 16.9. The van der Waals surface area contributed by atoms with Gasteiger partial charge in [-0.3, -0.25) is 4.99 Å². The third-order valence-corrected chi connectivity index (χ3v) is 5.56. The van der Waals surface area contributed by atoms with Crippen LogP contribution in [0.3, 0.4) is 0 Å². The molecule has 0 spiro atoms. The van der Waals surface area contributed by atoms with E-state index in [0.29, 0.717) is 38.1 Å². The first-order valence-corrected chi connectivity index (χ1v) is 10.5. The SMILES string of the molecule is Fc1cccc(F)c1N1CCC(NC(=NCC2CCOC2)NCCc2ccco2)C1. The van der Waals surface area contributed by atoms with Gasteiger partial charge in [0.25, 0.3) is 0 Å². The minimum Gasteiger partial charge on any atom is -0.469 e. The Morgan fingerprint density at radius 2 is 2.03 bits per heavy atom. The Morgan fingerprint density at radius 1 is 1.17 bits per heavy atom. The number of aliphatic imine (C=N–C) groups is 1. The highest BCUT2D eigenvalue weighted by Gasteiger charge is 2.27. The van der Waals surface area contributed by atoms with E-state index >= 15 is 0 Å². The van der Waals surface area contributed by atoms with Gasteiger partial charge in [-0.2, -0.15) is 0 Å². The van der Waals surface area contributed by atoms with Gasteiger partial charge in [0.2, 0.25) is 0 Å². The van der Waals surface area contributed by atoms with Crippen LogP contribution in [0.1, 0.15) is 18.6 Å². The normalized spacial score (nSPS) is 21.9. The van der Waals surface area contributed by atoms with Crippen LogP contribution in [0.25, 0.3) is 0 Å². The van der Waals surface area contributed by atoms with Crippen LogP contribution in [0.2, 0.25) is 0 Å². The first kappa shape index (κ1) is 20.7. The average molecular weight is 418 g/mol. The number of guanidine groups is 1. The van der Waals surface area contributed by atoms with E-state index in [-0.39, 0.29) is 11.7 Å². The molecule has 1 aromatic heterocycles. The molecule has 6 nitrogen and oxygen atoms in total. The molecule has 2 aliphatic rings. The summed E-state index contributed by atoms with van der Waals surface area (Å²) in [6.45, 7) is 4.01. The Kier molecular flexibility index (Phi) is 6.84. The van der Waals surface area contributed by atoms with Crippen LogP contribution < -0.4 is 15.5 Å². The van der Waals surface area contributed by atoms with Crippen molar-refractivity contribution >= 4 is 11.6 Å². The zero-order chi connectivity index (χ0) is 20.8. The van der Waals surface area contributed by atoms with Gasteiger partial charge in [0.1, 0.15) is 23.1 Å². The summed E-state index contributed by atoms with van der Waals surface area (Å²) < 4.78 is 39.1. The smallest absolute Gasteiger partial charge is 0.191 e. The number of hydrogen-bond acceptors (Lipinski definition) is 4. The molecule has 2 aliphatic heterocycles. The van der Waals surface area contributed by atoms with Crippen LogP contribution in [0, 0.1) is 17.6 Å². The van der Waals surface area contributed by atoms with Crippen molar-refractivity contribution in [1.29, 1.82) is 0 Å². The molecule has 2 atom stereocenters. The van der Waals surface area contributed by atoms with Crippen molar-refractivity contribution in [2.24, 2.45) is 10.9 Å². The first-order valence-electron chi connectivity index (χ1n) is 10.5. The molecule has 1 aromatic carbocycles. The van der Waals surface area contributed by atoms with Crippen LogP contribution in [0.15, 0.2) is 46.0 Å². The number of halogens is 2. The highest BCUT2D eigenvalue weighted by atomic mass is 19.1. The standard InChI is InChI=1S/C22H28F2N4O2/c23-19-4-1-5-20(24)21(19)28-10-7-17(14-28)27-22(26-13-16-8-12-29-15-16)25-9-6-18-3-2-11-30-18/h1-5,11,16-17H,6-10,12-15H2,(H2,25,26,27). The molecule has 0 saturated carbocycles. The summed E-state index contributed by atoms with van der Waals surface area (Å²) in [7, 11) is 0. The van der Waals surface area contributed by atoms with Crippen molar-refractivity contribution in [3.8, 4) is 0 Å². The fourth-order valence-electron chi connectivity index (χ4n) is 3.92. The first-order chi connectivity index (χ1) is 14.7. The minimum absolute atomic E-state index is 0.0502. The lowest BCUT2D eigenvalue weighted by atomic mass is 10.1. The number of nitrogens with one attached hydrogen (secondary N) is 2. The van der Waals surface area contributed by atoms with E-state index in [1.807, 2.05) is 12.1 Å². The molecule has 162 valence electrons. The van der Waals surface area contributed by atoms with Crippen molar-refractivity contribution < 1.29 is 17.9 Å². The number of ether oxygens (including phenoxy) is 1. The Bertz CT molecular complexity index is 817. The van der Waals surface area contributed by atoms with Gasteiger partial charge >= 0.3 is 0 Å². The van der Waals surface area contributed by atoms with Crippen LogP contribution in [-0.2, 0) is 11.2 Å². The predicted molar refractivity (Wildman–Crippen MR) is 112 cm³/mol. The van der Waals surface area contributed by atoms with E-state index < -0.39 is 11.6 Å². The molecule has 2 saturated heterocycles. The molecule has 2 unspecified atom stereocenters. The third-order valence-electron chi connectivity index (χ3n) is 5.56. The summed E-state index contributed by atoms with van der Waals surface area (Å²) in [6.07, 6.45) is 4.21. The highest BCUT2D eigenvalue weighted by molar-refractivity contribution is 5.80. The lowest BCUT2D eigenvalue weighted by Gasteiger charge is -2.21. The summed E-state index contributed by atoms with van der Waals surface area (Å²) in [5.74, 6) is 1.01. The van der Waals surface area contributed by atoms with E-state index in [9.17, 15) is 8.78 Å². The van der Waals surface area contributed by atoms with Crippen LogP contribution in [-0.4, -0.2) is 51.4 Å². The van der Waals surface area contributed by atoms with Crippen molar-refractivity contribution in [2.75, 3.05) is 44.3 Å². The molecule has 0 radical (unpaired) electrons. The third kappa shape index (κ3) is 5.30. The predicted octanol–water partition coefficient (Wildman–Crippen LogP) is 2.95. The van der Waals surface area contributed by atoms with Gasteiger partial charge in [-0.25, -0.2) is 8.78 Å². The number of para-hydroxylation sites is 1. The molecular weight excluding hydrogens is 390 g/mol. The number of nitrogens with zero attached hydrogens (tertiary/aromatic N) is 2. The van der Waals surface area contributed by atoms with E-state index in [0.717, 1.165) is 38.2 Å². The van der Waals surface area contributed by atoms with Gasteiger partial charge in [0.05, 0.1) is 12.9 Å². The quantitative estimate of drug-likeness (QED) is 0.535. The molecule has 3 heterocycles. The second kappa shape index (κ2) is 9.93. The van der Waals surface area contributed by atoms with Gasteiger partial charge in [-0.15, -0.1) is 0 Å². The lowest BCUT2D eigenvalue weighted by molar-refractivity contribution is 0.187. The average Bonchev–Trinajstić information content (AvgIpc) is 3.49. The maximum absolute atomic E-state index is 14.1. The Hall–Kier alpha value is -2.61. The fourth-order valence-corrected chi connectivity index (χ4v) is 3.92. The number of benzene rings is 1. The van der Waals surface area contributed by atoms with Crippen molar-refractivity contribution in [3.05, 3.63) is 54.0 Å². The maximum Gasteiger partial charge on any atom is 0.191 e. The maximum atomic E-state index is 14.1. The lowest BCUT2D eigenvalue weighted by Crippen LogP contribution is -2.45. The van der Waals surface area contributed by atoms with Gasteiger partial charge in [0.15, 0.2) is 5.96 Å². The molecule has 0 amide bonds. The van der Waals surface area contributed by atoms with Gasteiger partial charge < -0.3 is 24.7 Å². The van der Waals surface area contributed by atoms with Gasteiger partial charge in [0, 0.05) is 51.2 Å². The highest BCUT2D eigenvalue weighted by Crippen LogP contribution is 2.26. The fraction of sp³-hybridized carbons (Fsp3) is 0.500. The van der Waals surface area contributed by atoms with E-state index in [1.165, 1.54) is 18.2 Å². The van der Waals surface area contributed by atoms with Crippen molar-refractivity contribution in [1.82, 2.24) is 10.6 Å². The Morgan fingerprint density at radius 3 is 2.77 bits per heavy atom. The molecule has 2 aromatic rings.